The van der Waals surface area contributed by atoms with Crippen molar-refractivity contribution < 1.29 is 37.1 Å². The zero-order valence-corrected chi connectivity index (χ0v) is 33.0. The lowest BCUT2D eigenvalue weighted by atomic mass is 9.93. The number of nitrogens with zero attached hydrogens (tertiary/aromatic N) is 7. The van der Waals surface area contributed by atoms with E-state index in [1.165, 1.54) is 12.1 Å². The molecule has 1 aromatic heterocycles. The average molecular weight is 826 g/mol. The SMILES string of the molecule is N#Cc1ccc(N2CCC(C(=O)Nc3ccc(N4CCC(CCN5CCN(c6cccc7c6C(=O)N(C6CCC(=O)NC6=O)C7=O)CC5)CC4)cn3)CC2)cc1C(F)(F)F. The quantitative estimate of drug-likeness (QED) is 0.289. The van der Waals surface area contributed by atoms with Gasteiger partial charge in [-0.15, -0.1) is 0 Å². The van der Waals surface area contributed by atoms with E-state index in [0.717, 1.165) is 68.6 Å². The van der Waals surface area contributed by atoms with Crippen molar-refractivity contribution in [2.45, 2.75) is 57.2 Å². The smallest absolute Gasteiger partial charge is 0.371 e. The van der Waals surface area contributed by atoms with Crippen molar-refractivity contribution in [2.75, 3.05) is 78.9 Å². The van der Waals surface area contributed by atoms with E-state index in [0.29, 0.717) is 73.3 Å². The molecule has 6 heterocycles. The first kappa shape index (κ1) is 40.7. The Hall–Kier alpha value is -6.02. The van der Waals surface area contributed by atoms with Crippen LogP contribution in [-0.4, -0.2) is 109 Å². The van der Waals surface area contributed by atoms with Crippen molar-refractivity contribution >= 4 is 52.4 Å². The number of carbonyl (C=O) groups excluding carboxylic acids is 5. The molecule has 60 heavy (non-hydrogen) atoms. The standard InChI is InChI=1S/C43H46F3N9O5/c44-43(45,46)33-24-30(5-4-29(33)25-47)52-18-13-28(14-19-52)39(57)49-36-8-6-31(26-48-36)53-16-11-27(12-17-53)10-15-51-20-22-54(23-21-51)34-3-1-2-32-38(34)42(60)55(41(32)59)35-7-9-37(56)50-40(35)58/h1-6,8,24,26-28,35H,7,9-23H2,(H,48,49,57)(H,50,56,58). The van der Waals surface area contributed by atoms with Gasteiger partial charge in [0.05, 0.1) is 45.9 Å². The summed E-state index contributed by atoms with van der Waals surface area (Å²) in [4.78, 5) is 78.4. The molecule has 0 aliphatic carbocycles. The van der Waals surface area contributed by atoms with Crippen LogP contribution in [0, 0.1) is 23.2 Å². The summed E-state index contributed by atoms with van der Waals surface area (Å²) in [5.74, 6) is -1.44. The molecule has 5 amide bonds. The lowest BCUT2D eigenvalue weighted by Gasteiger charge is -2.38. The number of benzene rings is 2. The molecule has 314 valence electrons. The van der Waals surface area contributed by atoms with Crippen molar-refractivity contribution in [1.29, 1.82) is 5.26 Å². The van der Waals surface area contributed by atoms with Crippen LogP contribution in [0.1, 0.15) is 76.8 Å². The Morgan fingerprint density at radius 2 is 1.53 bits per heavy atom. The predicted octanol–water partition coefficient (Wildman–Crippen LogP) is 4.66. The Kier molecular flexibility index (Phi) is 11.5. The van der Waals surface area contributed by atoms with Gasteiger partial charge in [-0.2, -0.15) is 18.4 Å². The minimum Gasteiger partial charge on any atom is -0.371 e. The van der Waals surface area contributed by atoms with Crippen molar-refractivity contribution in [2.24, 2.45) is 11.8 Å². The fourth-order valence-corrected chi connectivity index (χ4v) is 9.15. The predicted molar refractivity (Wildman–Crippen MR) is 215 cm³/mol. The van der Waals surface area contributed by atoms with Crippen molar-refractivity contribution in [1.82, 2.24) is 20.1 Å². The molecule has 0 bridgehead atoms. The van der Waals surface area contributed by atoms with Gasteiger partial charge in [0, 0.05) is 70.4 Å². The molecule has 2 N–H and O–H groups in total. The van der Waals surface area contributed by atoms with Gasteiger partial charge in [0.15, 0.2) is 0 Å². The van der Waals surface area contributed by atoms with E-state index in [-0.39, 0.29) is 24.7 Å². The third-order valence-electron chi connectivity index (χ3n) is 12.7. The number of halogens is 3. The Bertz CT molecular complexity index is 2200. The largest absolute Gasteiger partial charge is 0.417 e. The van der Waals surface area contributed by atoms with E-state index in [4.69, 9.17) is 5.26 Å². The van der Waals surface area contributed by atoms with Crippen LogP contribution in [0.15, 0.2) is 54.7 Å². The number of alkyl halides is 3. The van der Waals surface area contributed by atoms with E-state index in [9.17, 15) is 37.1 Å². The lowest BCUT2D eigenvalue weighted by molar-refractivity contribution is -0.138. The van der Waals surface area contributed by atoms with Crippen LogP contribution in [0.5, 0.6) is 0 Å². The zero-order valence-electron chi connectivity index (χ0n) is 33.0. The molecule has 1 atom stereocenters. The number of nitriles is 1. The van der Waals surface area contributed by atoms with Gasteiger partial charge in [0.2, 0.25) is 17.7 Å². The molecule has 1 unspecified atom stereocenters. The third-order valence-corrected chi connectivity index (χ3v) is 12.7. The van der Waals surface area contributed by atoms with Gasteiger partial charge in [-0.05, 0) is 93.5 Å². The first-order valence-electron chi connectivity index (χ1n) is 20.6. The highest BCUT2D eigenvalue weighted by Crippen LogP contribution is 2.37. The first-order chi connectivity index (χ1) is 28.9. The maximum atomic E-state index is 13.6. The molecule has 0 spiro atoms. The van der Waals surface area contributed by atoms with Gasteiger partial charge in [-0.1, -0.05) is 6.07 Å². The van der Waals surface area contributed by atoms with Crippen LogP contribution >= 0.6 is 0 Å². The first-order valence-corrected chi connectivity index (χ1v) is 20.6. The fraction of sp³-hybridized carbons (Fsp3) is 0.465. The minimum atomic E-state index is -4.63. The second-order valence-corrected chi connectivity index (χ2v) is 16.2. The number of fused-ring (bicyclic) bond motifs is 1. The molecule has 3 aromatic rings. The van der Waals surface area contributed by atoms with Gasteiger partial charge in [0.25, 0.3) is 11.8 Å². The normalized spacial score (nSPS) is 20.9. The molecule has 14 nitrogen and oxygen atoms in total. The summed E-state index contributed by atoms with van der Waals surface area (Å²) in [5.41, 5.74) is 1.32. The molecule has 8 rings (SSSR count). The third kappa shape index (κ3) is 8.38. The Morgan fingerprint density at radius 3 is 2.20 bits per heavy atom. The highest BCUT2D eigenvalue weighted by Gasteiger charge is 2.46. The van der Waals surface area contributed by atoms with E-state index in [1.54, 1.807) is 30.5 Å². The van der Waals surface area contributed by atoms with E-state index >= 15 is 0 Å². The number of nitrogens with one attached hydrogen (secondary N) is 2. The van der Waals surface area contributed by atoms with Crippen LogP contribution < -0.4 is 25.3 Å². The number of piperidine rings is 3. The molecule has 2 aromatic carbocycles. The number of rotatable bonds is 9. The molecule has 4 saturated heterocycles. The lowest BCUT2D eigenvalue weighted by Crippen LogP contribution is -2.54. The molecule has 4 fully saturated rings. The van der Waals surface area contributed by atoms with Crippen LogP contribution in [-0.2, 0) is 20.6 Å². The maximum absolute atomic E-state index is 13.6. The molecular weight excluding hydrogens is 780 g/mol. The van der Waals surface area contributed by atoms with Crippen LogP contribution in [0.3, 0.4) is 0 Å². The van der Waals surface area contributed by atoms with Crippen molar-refractivity contribution in [3.63, 3.8) is 0 Å². The monoisotopic (exact) mass is 825 g/mol. The Morgan fingerprint density at radius 1 is 0.833 bits per heavy atom. The second kappa shape index (κ2) is 16.9. The molecule has 0 saturated carbocycles. The summed E-state index contributed by atoms with van der Waals surface area (Å²) >= 11 is 0. The molecule has 5 aliphatic heterocycles. The van der Waals surface area contributed by atoms with Gasteiger partial charge in [0.1, 0.15) is 11.9 Å². The number of amides is 5. The van der Waals surface area contributed by atoms with Gasteiger partial charge in [-0.25, -0.2) is 4.98 Å². The van der Waals surface area contributed by atoms with E-state index < -0.39 is 47.0 Å². The van der Waals surface area contributed by atoms with Gasteiger partial charge < -0.3 is 20.0 Å². The van der Waals surface area contributed by atoms with E-state index in [1.807, 2.05) is 17.0 Å². The minimum absolute atomic E-state index is 0.0756. The van der Waals surface area contributed by atoms with E-state index in [2.05, 4.69) is 30.3 Å². The van der Waals surface area contributed by atoms with Crippen LogP contribution in [0.4, 0.5) is 36.1 Å². The van der Waals surface area contributed by atoms with Crippen LogP contribution in [0.25, 0.3) is 0 Å². The average Bonchev–Trinajstić information content (AvgIpc) is 3.51. The maximum Gasteiger partial charge on any atom is 0.417 e. The number of piperazine rings is 1. The van der Waals surface area contributed by atoms with Crippen molar-refractivity contribution in [3.8, 4) is 6.07 Å². The highest BCUT2D eigenvalue weighted by atomic mass is 19.4. The Balaban J connectivity index is 0.758. The number of anilines is 4. The summed E-state index contributed by atoms with van der Waals surface area (Å²) in [5, 5.41) is 14.2. The van der Waals surface area contributed by atoms with Crippen molar-refractivity contribution in [3.05, 3.63) is 77.0 Å². The Labute approximate surface area is 345 Å². The summed E-state index contributed by atoms with van der Waals surface area (Å²) in [7, 11) is 0. The number of aromatic nitrogens is 1. The number of hydrogen-bond donors (Lipinski definition) is 2. The number of hydrogen-bond acceptors (Lipinski definition) is 11. The van der Waals surface area contributed by atoms with Gasteiger partial charge in [-0.3, -0.25) is 39.1 Å². The topological polar surface area (TPSA) is 162 Å². The number of imide groups is 2. The summed E-state index contributed by atoms with van der Waals surface area (Å²) < 4.78 is 40.4. The summed E-state index contributed by atoms with van der Waals surface area (Å²) in [6.07, 6.45) is 1.47. The molecule has 0 radical (unpaired) electrons. The molecule has 5 aliphatic rings. The molecular formula is C43H46F3N9O5. The van der Waals surface area contributed by atoms with Crippen LogP contribution in [0.2, 0.25) is 0 Å². The highest BCUT2D eigenvalue weighted by molar-refractivity contribution is 6.25. The number of carbonyl (C=O) groups is 5. The number of pyridine rings is 1. The second-order valence-electron chi connectivity index (χ2n) is 16.2. The summed E-state index contributed by atoms with van der Waals surface area (Å²) in [6.45, 7) is 6.64. The fourth-order valence-electron chi connectivity index (χ4n) is 9.15. The van der Waals surface area contributed by atoms with Gasteiger partial charge >= 0.3 is 6.18 Å². The zero-order chi connectivity index (χ0) is 42.1. The summed E-state index contributed by atoms with van der Waals surface area (Å²) in [6, 6.07) is 13.4. The molecule has 17 heteroatoms.